The number of rotatable bonds is 9. The Hall–Kier alpha value is -3.45. The first-order valence-electron chi connectivity index (χ1n) is 15.0. The number of hydrogen-bond donors (Lipinski definition) is 2. The van der Waals surface area contributed by atoms with E-state index in [9.17, 15) is 9.90 Å². The largest absolute Gasteiger partial charge is 0.479 e. The van der Waals surface area contributed by atoms with Gasteiger partial charge in [-0.25, -0.2) is 14.8 Å². The number of carboxylic acid groups (broad SMARTS) is 1. The number of aliphatic imine (C=N–C) groups is 1. The van der Waals surface area contributed by atoms with Gasteiger partial charge in [0.1, 0.15) is 10.7 Å². The number of nitrogens with zero attached hydrogens (tertiary/aromatic N) is 4. The molecule has 1 fully saturated rings. The van der Waals surface area contributed by atoms with Crippen LogP contribution < -0.4 is 15.3 Å². The number of thiazole rings is 1. The number of morpholine rings is 1. The first-order valence-corrected chi connectivity index (χ1v) is 19.5. The molecule has 0 radical (unpaired) electrons. The fourth-order valence-electron chi connectivity index (χ4n) is 5.24. The zero-order chi connectivity index (χ0) is 31.7. The number of benzene rings is 2. The van der Waals surface area contributed by atoms with E-state index in [-0.39, 0.29) is 0 Å². The number of nitrogens with one attached hydrogen (secondary N) is 1. The molecule has 3 aromatic rings. The summed E-state index contributed by atoms with van der Waals surface area (Å²) in [5, 5.41) is 15.9. The van der Waals surface area contributed by atoms with E-state index in [1.165, 1.54) is 11.3 Å². The molecule has 44 heavy (non-hydrogen) atoms. The van der Waals surface area contributed by atoms with Gasteiger partial charge in [0, 0.05) is 57.8 Å². The van der Waals surface area contributed by atoms with E-state index in [0.717, 1.165) is 65.5 Å². The van der Waals surface area contributed by atoms with Gasteiger partial charge < -0.3 is 29.6 Å². The van der Waals surface area contributed by atoms with E-state index in [0.29, 0.717) is 17.6 Å². The third kappa shape index (κ3) is 6.78. The molecule has 5 rings (SSSR count). The lowest BCUT2D eigenvalue weighted by Crippen LogP contribution is -2.50. The Morgan fingerprint density at radius 1 is 1.11 bits per heavy atom. The molecule has 0 saturated carbocycles. The summed E-state index contributed by atoms with van der Waals surface area (Å²) in [6, 6.07) is 15.3. The summed E-state index contributed by atoms with van der Waals surface area (Å²) >= 11 is 1.35. The highest BCUT2D eigenvalue weighted by molar-refractivity contribution is 7.15. The van der Waals surface area contributed by atoms with Gasteiger partial charge in [-0.2, -0.15) is 4.99 Å². The van der Waals surface area contributed by atoms with Gasteiger partial charge >= 0.3 is 12.0 Å². The van der Waals surface area contributed by atoms with Crippen molar-refractivity contribution >= 4 is 54.2 Å². The molecular weight excluding hydrogens is 595 g/mol. The van der Waals surface area contributed by atoms with Gasteiger partial charge in [-0.15, -0.1) is 11.3 Å². The van der Waals surface area contributed by atoms with E-state index < -0.39 is 25.1 Å². The minimum absolute atomic E-state index is 0.374. The van der Waals surface area contributed by atoms with Crippen LogP contribution >= 0.6 is 11.3 Å². The van der Waals surface area contributed by atoms with Crippen LogP contribution in [-0.4, -0.2) is 70.1 Å². The molecule has 3 heterocycles. The fourth-order valence-corrected chi connectivity index (χ4v) is 7.21. The average Bonchev–Trinajstić information content (AvgIpc) is 3.45. The second-order valence-corrected chi connectivity index (χ2v) is 20.1. The number of aliphatic carboxylic acids is 1. The lowest BCUT2D eigenvalue weighted by Gasteiger charge is -2.39. The second-order valence-electron chi connectivity index (χ2n) is 13.4. The van der Waals surface area contributed by atoms with E-state index in [2.05, 4.69) is 47.0 Å². The van der Waals surface area contributed by atoms with Crippen LogP contribution in [0.15, 0.2) is 53.7 Å². The van der Waals surface area contributed by atoms with Gasteiger partial charge in [-0.05, 0) is 48.0 Å². The summed E-state index contributed by atoms with van der Waals surface area (Å²) in [4.78, 5) is 31.3. The van der Waals surface area contributed by atoms with Crippen LogP contribution in [0.1, 0.15) is 25.8 Å². The smallest absolute Gasteiger partial charge is 0.343 e. The Balaban J connectivity index is 1.35. The number of ether oxygens (including phenoxy) is 2. The number of hydroxylamine groups is 1. The molecule has 0 spiro atoms. The summed E-state index contributed by atoms with van der Waals surface area (Å²) in [6.07, 6.45) is 1.73. The van der Waals surface area contributed by atoms with Gasteiger partial charge in [0.15, 0.2) is 0 Å². The summed E-state index contributed by atoms with van der Waals surface area (Å²) in [5.74, 6) is -1.02. The van der Waals surface area contributed by atoms with Gasteiger partial charge in [-0.1, -0.05) is 46.5 Å². The Morgan fingerprint density at radius 3 is 2.45 bits per heavy atom. The maximum Gasteiger partial charge on any atom is 0.343 e. The molecule has 0 bridgehead atoms. The summed E-state index contributed by atoms with van der Waals surface area (Å²) in [5.41, 5.74) is 2.18. The van der Waals surface area contributed by atoms with Crippen LogP contribution in [0.5, 0.6) is 0 Å². The standard InChI is InChI=1S/C32H43N5O5SSi/c1-31(2,3)32(29(38)39,41-18-19-44(5,6)7)28-33-21-27(43-28)22-8-13-25-26(20-22)36(4)42-30(35-25)34-23-9-11-24(12-10-23)37-14-16-40-17-15-37/h8-13,20-21H,14-19H2,1-7H3,(H,34,35)(H,38,39). The lowest BCUT2D eigenvalue weighted by atomic mass is 9.76. The van der Waals surface area contributed by atoms with Crippen molar-refractivity contribution in [2.45, 2.75) is 52.1 Å². The summed E-state index contributed by atoms with van der Waals surface area (Å²) in [7, 11) is 0.405. The highest BCUT2D eigenvalue weighted by Crippen LogP contribution is 2.47. The van der Waals surface area contributed by atoms with Crippen LogP contribution in [0.2, 0.25) is 25.7 Å². The molecule has 1 atom stereocenters. The Bertz CT molecular complexity index is 1510. The van der Waals surface area contributed by atoms with Gasteiger partial charge in [0.25, 0.3) is 0 Å². The van der Waals surface area contributed by atoms with Crippen molar-refractivity contribution in [2.75, 3.05) is 55.2 Å². The van der Waals surface area contributed by atoms with Gasteiger partial charge in [-0.3, -0.25) is 0 Å². The molecule has 2 aromatic carbocycles. The molecule has 12 heteroatoms. The molecule has 0 aliphatic carbocycles. The highest BCUT2D eigenvalue weighted by Gasteiger charge is 2.54. The maximum absolute atomic E-state index is 12.9. The van der Waals surface area contributed by atoms with Crippen LogP contribution in [0.4, 0.5) is 22.7 Å². The predicted octanol–water partition coefficient (Wildman–Crippen LogP) is 6.81. The first kappa shape index (κ1) is 32.0. The number of amidine groups is 1. The number of hydrogen-bond acceptors (Lipinski definition) is 10. The number of carboxylic acids is 1. The molecule has 2 aliphatic rings. The van der Waals surface area contributed by atoms with Crippen molar-refractivity contribution in [1.29, 1.82) is 0 Å². The highest BCUT2D eigenvalue weighted by atomic mass is 32.1. The lowest BCUT2D eigenvalue weighted by molar-refractivity contribution is -0.185. The van der Waals surface area contributed by atoms with Crippen LogP contribution in [-0.2, 0) is 24.7 Å². The molecule has 2 N–H and O–H groups in total. The number of carbonyl (C=O) groups is 1. The molecular formula is C32H43N5O5SSi. The average molecular weight is 638 g/mol. The van der Waals surface area contributed by atoms with Crippen molar-refractivity contribution in [2.24, 2.45) is 10.4 Å². The Labute approximate surface area is 264 Å². The number of anilines is 3. The zero-order valence-electron chi connectivity index (χ0n) is 26.6. The van der Waals surface area contributed by atoms with Crippen LogP contribution in [0.3, 0.4) is 0 Å². The molecule has 10 nitrogen and oxygen atoms in total. The van der Waals surface area contributed by atoms with E-state index in [1.54, 1.807) is 11.3 Å². The molecule has 1 unspecified atom stereocenters. The summed E-state index contributed by atoms with van der Waals surface area (Å²) in [6.45, 7) is 16.1. The second kappa shape index (κ2) is 12.5. The van der Waals surface area contributed by atoms with Crippen molar-refractivity contribution < 1.29 is 24.2 Å². The first-order chi connectivity index (χ1) is 20.8. The minimum Gasteiger partial charge on any atom is -0.479 e. The number of fused-ring (bicyclic) bond motifs is 1. The van der Waals surface area contributed by atoms with E-state index in [4.69, 9.17) is 19.3 Å². The Morgan fingerprint density at radius 2 is 1.82 bits per heavy atom. The fraction of sp³-hybridized carbons (Fsp3) is 0.469. The third-order valence-electron chi connectivity index (χ3n) is 7.87. The number of aromatic nitrogens is 1. The monoisotopic (exact) mass is 637 g/mol. The molecule has 2 aliphatic heterocycles. The minimum atomic E-state index is -1.56. The van der Waals surface area contributed by atoms with Gasteiger partial charge in [0.2, 0.25) is 5.60 Å². The normalized spacial score (nSPS) is 16.9. The molecule has 236 valence electrons. The van der Waals surface area contributed by atoms with Crippen molar-refractivity contribution in [1.82, 2.24) is 4.98 Å². The topological polar surface area (TPSA) is 109 Å². The van der Waals surface area contributed by atoms with Crippen molar-refractivity contribution in [3.05, 3.63) is 53.7 Å². The molecule has 0 amide bonds. The van der Waals surface area contributed by atoms with Crippen LogP contribution in [0, 0.1) is 5.41 Å². The zero-order valence-corrected chi connectivity index (χ0v) is 28.5. The predicted molar refractivity (Wildman–Crippen MR) is 180 cm³/mol. The maximum atomic E-state index is 12.9. The van der Waals surface area contributed by atoms with Gasteiger partial charge in [0.05, 0.1) is 23.8 Å². The Kier molecular flexibility index (Phi) is 9.08. The van der Waals surface area contributed by atoms with E-state index >= 15 is 0 Å². The van der Waals surface area contributed by atoms with Crippen LogP contribution in [0.25, 0.3) is 10.4 Å². The molecule has 1 aromatic heterocycles. The molecule has 1 saturated heterocycles. The summed E-state index contributed by atoms with van der Waals surface area (Å²) < 4.78 is 11.8. The van der Waals surface area contributed by atoms with Crippen molar-refractivity contribution in [3.63, 3.8) is 0 Å². The third-order valence-corrected chi connectivity index (χ3v) is 10.7. The van der Waals surface area contributed by atoms with Crippen molar-refractivity contribution in [3.8, 4) is 10.4 Å². The quantitative estimate of drug-likeness (QED) is 0.245. The van der Waals surface area contributed by atoms with E-state index in [1.807, 2.05) is 58.2 Å². The SMILES string of the molecule is CN1OC(Nc2ccc(N3CCOCC3)cc2)=Nc2ccc(-c3cnc(C(OCC[Si](C)(C)C)(C(=O)O)C(C)(C)C)s3)cc21.